The van der Waals surface area contributed by atoms with E-state index >= 15 is 0 Å². The normalized spacial score (nSPS) is 13.7. The fraction of sp³-hybridized carbons (Fsp3) is 0.385. The molecule has 2 atom stereocenters. The summed E-state index contributed by atoms with van der Waals surface area (Å²) in [5.74, 6) is -1.06. The van der Waals surface area contributed by atoms with E-state index in [-0.39, 0.29) is 11.9 Å². The number of hydrogen-bond donors (Lipinski definition) is 3. The van der Waals surface area contributed by atoms with Crippen LogP contribution in [-0.4, -0.2) is 29.6 Å². The van der Waals surface area contributed by atoms with Gasteiger partial charge >= 0.3 is 5.97 Å². The molecule has 1 aromatic carbocycles. The number of benzene rings is 1. The Kier molecular flexibility index (Phi) is 5.32. The van der Waals surface area contributed by atoms with E-state index in [9.17, 15) is 14.7 Å². The Bertz CT molecular complexity index is 406. The van der Waals surface area contributed by atoms with E-state index < -0.39 is 12.0 Å². The van der Waals surface area contributed by atoms with Crippen LogP contribution in [0.2, 0.25) is 0 Å². The van der Waals surface area contributed by atoms with Crippen molar-refractivity contribution in [2.24, 2.45) is 0 Å². The van der Waals surface area contributed by atoms with Crippen molar-refractivity contribution in [3.63, 3.8) is 0 Å². The number of carbonyl (C=O) groups excluding carboxylic acids is 1. The molecule has 5 nitrogen and oxygen atoms in total. The van der Waals surface area contributed by atoms with Crippen molar-refractivity contribution in [1.82, 2.24) is 10.6 Å². The molecule has 1 amide bonds. The number of carbonyl (C=O) groups is 2. The van der Waals surface area contributed by atoms with Crippen LogP contribution in [0.3, 0.4) is 0 Å². The summed E-state index contributed by atoms with van der Waals surface area (Å²) in [5, 5.41) is 14.8. The van der Waals surface area contributed by atoms with Crippen LogP contribution in [0, 0.1) is 0 Å². The number of nitrogens with one attached hydrogen (secondary N) is 2. The highest BCUT2D eigenvalue weighted by Crippen LogP contribution is 2.12. The molecule has 1 aromatic rings. The first kappa shape index (κ1) is 14.2. The summed E-state index contributed by atoms with van der Waals surface area (Å²) >= 11 is 0. The lowest BCUT2D eigenvalue weighted by molar-refractivity contribution is -0.139. The van der Waals surface area contributed by atoms with Crippen molar-refractivity contribution in [3.8, 4) is 0 Å². The molecule has 0 radical (unpaired) electrons. The Balaban J connectivity index is 2.60. The molecule has 18 heavy (non-hydrogen) atoms. The molecule has 0 heterocycles. The number of carboxylic acid groups (broad SMARTS) is 1. The average molecular weight is 250 g/mol. The minimum absolute atomic E-state index is 0.118. The first-order valence-corrected chi connectivity index (χ1v) is 5.79. The van der Waals surface area contributed by atoms with Crippen molar-refractivity contribution < 1.29 is 14.7 Å². The van der Waals surface area contributed by atoms with Gasteiger partial charge < -0.3 is 10.4 Å². The first-order valence-electron chi connectivity index (χ1n) is 5.79. The van der Waals surface area contributed by atoms with E-state index in [4.69, 9.17) is 0 Å². The molecule has 5 heteroatoms. The number of rotatable bonds is 6. The minimum Gasteiger partial charge on any atom is -0.480 e. The Labute approximate surface area is 106 Å². The molecular formula is C13H18N2O3. The van der Waals surface area contributed by atoms with E-state index in [0.717, 1.165) is 0 Å². The van der Waals surface area contributed by atoms with Gasteiger partial charge in [0.25, 0.3) is 0 Å². The zero-order valence-corrected chi connectivity index (χ0v) is 10.5. The van der Waals surface area contributed by atoms with E-state index in [1.165, 1.54) is 6.92 Å². The van der Waals surface area contributed by atoms with Crippen LogP contribution in [0.15, 0.2) is 30.3 Å². The van der Waals surface area contributed by atoms with Crippen LogP contribution < -0.4 is 10.6 Å². The number of hydrogen-bond acceptors (Lipinski definition) is 3. The van der Waals surface area contributed by atoms with Gasteiger partial charge in [-0.2, -0.15) is 0 Å². The number of amides is 1. The molecule has 0 fully saturated rings. The van der Waals surface area contributed by atoms with Crippen molar-refractivity contribution in [3.05, 3.63) is 35.9 Å². The Morgan fingerprint density at radius 3 is 2.39 bits per heavy atom. The summed E-state index contributed by atoms with van der Waals surface area (Å²) in [7, 11) is 0. The Hall–Kier alpha value is -1.88. The predicted octanol–water partition coefficient (Wildman–Crippen LogP) is 0.926. The van der Waals surface area contributed by atoms with E-state index in [1.54, 1.807) is 24.3 Å². The van der Waals surface area contributed by atoms with E-state index in [1.807, 2.05) is 13.0 Å². The molecule has 3 N–H and O–H groups in total. The maximum Gasteiger partial charge on any atom is 0.325 e. The lowest BCUT2D eigenvalue weighted by Gasteiger charge is -2.18. The second-order valence-corrected chi connectivity index (χ2v) is 4.19. The Morgan fingerprint density at radius 1 is 1.28 bits per heavy atom. The van der Waals surface area contributed by atoms with Crippen molar-refractivity contribution >= 4 is 11.9 Å². The summed E-state index contributed by atoms with van der Waals surface area (Å²) in [4.78, 5) is 22.0. The highest BCUT2D eigenvalue weighted by molar-refractivity contribution is 5.75. The summed E-state index contributed by atoms with van der Waals surface area (Å²) in [6.07, 6.45) is 0. The number of aliphatic carboxylic acids is 1. The van der Waals surface area contributed by atoms with Crippen LogP contribution in [0.4, 0.5) is 0 Å². The second kappa shape index (κ2) is 6.76. The molecule has 0 saturated carbocycles. The Morgan fingerprint density at radius 2 is 1.89 bits per heavy atom. The van der Waals surface area contributed by atoms with Crippen LogP contribution in [0.1, 0.15) is 25.5 Å². The third-order valence-electron chi connectivity index (χ3n) is 2.46. The van der Waals surface area contributed by atoms with Gasteiger partial charge in [-0.15, -0.1) is 0 Å². The maximum atomic E-state index is 11.2. The van der Waals surface area contributed by atoms with Gasteiger partial charge in [0.05, 0.1) is 0 Å². The molecule has 98 valence electrons. The van der Waals surface area contributed by atoms with Gasteiger partial charge in [-0.05, 0) is 12.5 Å². The van der Waals surface area contributed by atoms with Gasteiger partial charge in [-0.1, -0.05) is 30.3 Å². The van der Waals surface area contributed by atoms with Gasteiger partial charge in [0, 0.05) is 19.5 Å². The largest absolute Gasteiger partial charge is 0.480 e. The molecule has 0 aliphatic carbocycles. The minimum atomic E-state index is -0.934. The lowest BCUT2D eigenvalue weighted by atomic mass is 10.1. The highest BCUT2D eigenvalue weighted by atomic mass is 16.4. The molecule has 0 bridgehead atoms. The summed E-state index contributed by atoms with van der Waals surface area (Å²) in [6.45, 7) is 3.64. The predicted molar refractivity (Wildman–Crippen MR) is 68.1 cm³/mol. The van der Waals surface area contributed by atoms with Gasteiger partial charge in [0.1, 0.15) is 6.04 Å². The summed E-state index contributed by atoms with van der Waals surface area (Å²) < 4.78 is 0. The maximum absolute atomic E-state index is 11.2. The third kappa shape index (κ3) is 4.55. The van der Waals surface area contributed by atoms with E-state index in [2.05, 4.69) is 10.6 Å². The number of carboxylic acids is 1. The molecule has 0 aliphatic rings. The standard InChI is InChI=1S/C13H18N2O3/c1-9(15-10(2)16)8-14-12(13(17)18)11-6-4-3-5-7-11/h3-7,9,12,14H,8H2,1-2H3,(H,15,16)(H,17,18). The molecule has 1 rings (SSSR count). The quantitative estimate of drug-likeness (QED) is 0.701. The van der Waals surface area contributed by atoms with Crippen molar-refractivity contribution in [1.29, 1.82) is 0 Å². The average Bonchev–Trinajstić information content (AvgIpc) is 2.29. The SMILES string of the molecule is CC(=O)NC(C)CNC(C(=O)O)c1ccccc1. The fourth-order valence-electron chi connectivity index (χ4n) is 1.69. The summed E-state index contributed by atoms with van der Waals surface area (Å²) in [6, 6.07) is 8.07. The molecule has 0 aliphatic heterocycles. The fourth-order valence-corrected chi connectivity index (χ4v) is 1.69. The second-order valence-electron chi connectivity index (χ2n) is 4.19. The van der Waals surface area contributed by atoms with Crippen LogP contribution in [-0.2, 0) is 9.59 Å². The van der Waals surface area contributed by atoms with Gasteiger partial charge in [-0.3, -0.25) is 14.9 Å². The first-order chi connectivity index (χ1) is 8.50. The van der Waals surface area contributed by atoms with E-state index in [0.29, 0.717) is 12.1 Å². The molecule has 0 aromatic heterocycles. The molecule has 0 spiro atoms. The smallest absolute Gasteiger partial charge is 0.325 e. The molecular weight excluding hydrogens is 232 g/mol. The van der Waals surface area contributed by atoms with Gasteiger partial charge in [-0.25, -0.2) is 0 Å². The van der Waals surface area contributed by atoms with Gasteiger partial charge in [0.15, 0.2) is 0 Å². The third-order valence-corrected chi connectivity index (χ3v) is 2.46. The lowest BCUT2D eigenvalue weighted by Crippen LogP contribution is -2.41. The van der Waals surface area contributed by atoms with Crippen LogP contribution in [0.25, 0.3) is 0 Å². The van der Waals surface area contributed by atoms with Crippen LogP contribution in [0.5, 0.6) is 0 Å². The monoisotopic (exact) mass is 250 g/mol. The highest BCUT2D eigenvalue weighted by Gasteiger charge is 2.19. The molecule has 0 saturated heterocycles. The molecule has 2 unspecified atom stereocenters. The van der Waals surface area contributed by atoms with Crippen molar-refractivity contribution in [2.75, 3.05) is 6.54 Å². The zero-order chi connectivity index (χ0) is 13.5. The zero-order valence-electron chi connectivity index (χ0n) is 10.5. The van der Waals surface area contributed by atoms with Crippen molar-refractivity contribution in [2.45, 2.75) is 25.9 Å². The van der Waals surface area contributed by atoms with Gasteiger partial charge in [0.2, 0.25) is 5.91 Å². The summed E-state index contributed by atoms with van der Waals surface area (Å²) in [5.41, 5.74) is 0.694. The topological polar surface area (TPSA) is 78.4 Å². The van der Waals surface area contributed by atoms with Crippen LogP contribution >= 0.6 is 0 Å².